The molecule has 78 valence electrons. The Hall–Kier alpha value is -0.340. The molecule has 3 atom stereocenters. The molecule has 0 saturated heterocycles. The monoisotopic (exact) mass is 210 g/mol. The van der Waals surface area contributed by atoms with Gasteiger partial charge < -0.3 is 5.11 Å². The van der Waals surface area contributed by atoms with Gasteiger partial charge in [-0.05, 0) is 40.6 Å². The first-order valence-electron chi connectivity index (χ1n) is 5.49. The molecule has 2 rings (SSSR count). The zero-order chi connectivity index (χ0) is 9.97. The standard InChI is InChI=1S/C12H18OS/c1-9-4-2-3-5-11(9)12(13)10-6-7-14-8-10/h6-9,11-13H,2-5H2,1H3. The van der Waals surface area contributed by atoms with Crippen LogP contribution >= 0.6 is 11.3 Å². The van der Waals surface area contributed by atoms with E-state index in [2.05, 4.69) is 18.4 Å². The lowest BCUT2D eigenvalue weighted by Gasteiger charge is -2.32. The summed E-state index contributed by atoms with van der Waals surface area (Å²) in [7, 11) is 0. The largest absolute Gasteiger partial charge is 0.388 e. The fourth-order valence-electron chi connectivity index (χ4n) is 2.50. The van der Waals surface area contributed by atoms with Crippen molar-refractivity contribution in [1.82, 2.24) is 0 Å². The molecule has 0 aliphatic heterocycles. The van der Waals surface area contributed by atoms with E-state index in [1.54, 1.807) is 11.3 Å². The van der Waals surface area contributed by atoms with Crippen LogP contribution in [-0.4, -0.2) is 5.11 Å². The van der Waals surface area contributed by atoms with Crippen LogP contribution in [0, 0.1) is 11.8 Å². The lowest BCUT2D eigenvalue weighted by molar-refractivity contribution is 0.0532. The molecule has 1 fully saturated rings. The number of aliphatic hydroxyl groups is 1. The molecule has 1 aliphatic carbocycles. The average molecular weight is 210 g/mol. The topological polar surface area (TPSA) is 20.2 Å². The first-order chi connectivity index (χ1) is 6.79. The van der Waals surface area contributed by atoms with E-state index in [-0.39, 0.29) is 6.10 Å². The van der Waals surface area contributed by atoms with E-state index >= 15 is 0 Å². The average Bonchev–Trinajstić information content (AvgIpc) is 2.70. The Labute approximate surface area is 89.8 Å². The van der Waals surface area contributed by atoms with Gasteiger partial charge in [0.15, 0.2) is 0 Å². The second kappa shape index (κ2) is 4.45. The van der Waals surface area contributed by atoms with Crippen LogP contribution in [0.25, 0.3) is 0 Å². The molecular formula is C12H18OS. The summed E-state index contributed by atoms with van der Waals surface area (Å²) in [6, 6.07) is 2.05. The molecule has 1 saturated carbocycles. The molecule has 0 radical (unpaired) electrons. The molecule has 0 aromatic carbocycles. The van der Waals surface area contributed by atoms with Crippen LogP contribution in [0.1, 0.15) is 44.3 Å². The highest BCUT2D eigenvalue weighted by Crippen LogP contribution is 2.38. The fourth-order valence-corrected chi connectivity index (χ4v) is 3.19. The van der Waals surface area contributed by atoms with Gasteiger partial charge in [-0.1, -0.05) is 26.2 Å². The van der Waals surface area contributed by atoms with Gasteiger partial charge in [-0.15, -0.1) is 0 Å². The second-order valence-electron chi connectivity index (χ2n) is 4.43. The molecule has 14 heavy (non-hydrogen) atoms. The summed E-state index contributed by atoms with van der Waals surface area (Å²) in [6.07, 6.45) is 4.88. The van der Waals surface area contributed by atoms with E-state index in [0.29, 0.717) is 11.8 Å². The predicted octanol–water partition coefficient (Wildman–Crippen LogP) is 3.61. The fraction of sp³-hybridized carbons (Fsp3) is 0.667. The number of rotatable bonds is 2. The SMILES string of the molecule is CC1CCCCC1C(O)c1ccsc1. The lowest BCUT2D eigenvalue weighted by atomic mass is 9.76. The molecule has 0 amide bonds. The van der Waals surface area contributed by atoms with Crippen LogP contribution in [-0.2, 0) is 0 Å². The van der Waals surface area contributed by atoms with E-state index < -0.39 is 0 Å². The van der Waals surface area contributed by atoms with Crippen LogP contribution in [0.4, 0.5) is 0 Å². The zero-order valence-corrected chi connectivity index (χ0v) is 9.46. The molecule has 1 heterocycles. The van der Waals surface area contributed by atoms with E-state index in [0.717, 1.165) is 5.56 Å². The molecule has 0 spiro atoms. The Kier molecular flexibility index (Phi) is 3.24. The minimum absolute atomic E-state index is 0.225. The highest BCUT2D eigenvalue weighted by molar-refractivity contribution is 7.07. The normalized spacial score (nSPS) is 30.1. The van der Waals surface area contributed by atoms with Crippen LogP contribution < -0.4 is 0 Å². The molecule has 1 aliphatic rings. The highest BCUT2D eigenvalue weighted by atomic mass is 32.1. The summed E-state index contributed by atoms with van der Waals surface area (Å²) in [5.41, 5.74) is 1.12. The molecule has 1 N–H and O–H groups in total. The molecule has 1 nitrogen and oxygen atoms in total. The maximum Gasteiger partial charge on any atom is 0.0828 e. The molecular weight excluding hydrogens is 192 g/mol. The third-order valence-electron chi connectivity index (χ3n) is 3.47. The zero-order valence-electron chi connectivity index (χ0n) is 8.65. The summed E-state index contributed by atoms with van der Waals surface area (Å²) in [5.74, 6) is 1.16. The van der Waals surface area contributed by atoms with Crippen LogP contribution in [0.5, 0.6) is 0 Å². The molecule has 2 heteroatoms. The first kappa shape index (κ1) is 10.2. The van der Waals surface area contributed by atoms with Crippen molar-refractivity contribution in [3.05, 3.63) is 22.4 Å². The van der Waals surface area contributed by atoms with E-state index in [4.69, 9.17) is 0 Å². The van der Waals surface area contributed by atoms with Gasteiger partial charge in [0.2, 0.25) is 0 Å². The smallest absolute Gasteiger partial charge is 0.0828 e. The van der Waals surface area contributed by atoms with Crippen LogP contribution in [0.15, 0.2) is 16.8 Å². The summed E-state index contributed by atoms with van der Waals surface area (Å²) in [6.45, 7) is 2.28. The molecule has 1 aromatic rings. The van der Waals surface area contributed by atoms with Crippen molar-refractivity contribution in [2.24, 2.45) is 11.8 Å². The van der Waals surface area contributed by atoms with E-state index in [9.17, 15) is 5.11 Å². The maximum absolute atomic E-state index is 10.2. The molecule has 0 bridgehead atoms. The van der Waals surface area contributed by atoms with Gasteiger partial charge >= 0.3 is 0 Å². The van der Waals surface area contributed by atoms with Crippen molar-refractivity contribution in [1.29, 1.82) is 0 Å². The van der Waals surface area contributed by atoms with Crippen molar-refractivity contribution in [2.45, 2.75) is 38.7 Å². The summed E-state index contributed by atoms with van der Waals surface area (Å²) >= 11 is 1.67. The summed E-state index contributed by atoms with van der Waals surface area (Å²) in [4.78, 5) is 0. The Morgan fingerprint density at radius 3 is 2.86 bits per heavy atom. The van der Waals surface area contributed by atoms with Gasteiger partial charge in [0.05, 0.1) is 6.10 Å². The van der Waals surface area contributed by atoms with Gasteiger partial charge in [0.25, 0.3) is 0 Å². The van der Waals surface area contributed by atoms with Gasteiger partial charge in [-0.3, -0.25) is 0 Å². The van der Waals surface area contributed by atoms with Crippen molar-refractivity contribution in [3.8, 4) is 0 Å². The van der Waals surface area contributed by atoms with Crippen molar-refractivity contribution in [3.63, 3.8) is 0 Å². The maximum atomic E-state index is 10.2. The van der Waals surface area contributed by atoms with Crippen LogP contribution in [0.3, 0.4) is 0 Å². The van der Waals surface area contributed by atoms with E-state index in [1.807, 2.05) is 5.38 Å². The van der Waals surface area contributed by atoms with Gasteiger partial charge in [0, 0.05) is 0 Å². The lowest BCUT2D eigenvalue weighted by Crippen LogP contribution is -2.23. The minimum atomic E-state index is -0.225. The summed E-state index contributed by atoms with van der Waals surface area (Å²) in [5, 5.41) is 14.3. The third kappa shape index (κ3) is 2.01. The number of thiophene rings is 1. The van der Waals surface area contributed by atoms with Gasteiger partial charge in [-0.2, -0.15) is 11.3 Å². The van der Waals surface area contributed by atoms with Gasteiger partial charge in [0.1, 0.15) is 0 Å². The highest BCUT2D eigenvalue weighted by Gasteiger charge is 2.28. The number of hydrogen-bond donors (Lipinski definition) is 1. The van der Waals surface area contributed by atoms with Gasteiger partial charge in [-0.25, -0.2) is 0 Å². The third-order valence-corrected chi connectivity index (χ3v) is 4.17. The molecule has 1 aromatic heterocycles. The quantitative estimate of drug-likeness (QED) is 0.790. The van der Waals surface area contributed by atoms with E-state index in [1.165, 1.54) is 25.7 Å². The molecule has 3 unspecified atom stereocenters. The second-order valence-corrected chi connectivity index (χ2v) is 5.21. The van der Waals surface area contributed by atoms with Crippen molar-refractivity contribution >= 4 is 11.3 Å². The first-order valence-corrected chi connectivity index (χ1v) is 6.43. The number of aliphatic hydroxyl groups excluding tert-OH is 1. The number of hydrogen-bond acceptors (Lipinski definition) is 2. The minimum Gasteiger partial charge on any atom is -0.388 e. The predicted molar refractivity (Wildman–Crippen MR) is 60.4 cm³/mol. The Morgan fingerprint density at radius 1 is 1.43 bits per heavy atom. The summed E-state index contributed by atoms with van der Waals surface area (Å²) < 4.78 is 0. The van der Waals surface area contributed by atoms with Crippen LogP contribution in [0.2, 0.25) is 0 Å². The Balaban J connectivity index is 2.06. The van der Waals surface area contributed by atoms with Crippen molar-refractivity contribution in [2.75, 3.05) is 0 Å². The Bertz CT molecular complexity index is 268. The Morgan fingerprint density at radius 2 is 2.21 bits per heavy atom. The van der Waals surface area contributed by atoms with Crippen molar-refractivity contribution < 1.29 is 5.11 Å².